The third-order valence-corrected chi connectivity index (χ3v) is 1.05. The summed E-state index contributed by atoms with van der Waals surface area (Å²) in [7, 11) is 0. The van der Waals surface area contributed by atoms with Gasteiger partial charge in [0.1, 0.15) is 18.8 Å². The van der Waals surface area contributed by atoms with Crippen LogP contribution in [0, 0.1) is 0 Å². The number of rotatable bonds is 5. The van der Waals surface area contributed by atoms with Crippen molar-refractivity contribution in [3.05, 3.63) is 12.7 Å². The maximum Gasteiger partial charge on any atom is 0.327 e. The Morgan fingerprint density at radius 1 is 1.44 bits per heavy atom. The number of aliphatic hydroxyl groups is 1. The van der Waals surface area contributed by atoms with Gasteiger partial charge in [0, 0.05) is 6.08 Å². The fraction of sp³-hybridized carbons (Fsp3) is 0.500. The summed E-state index contributed by atoms with van der Waals surface area (Å²) in [6.45, 7) is 5.72. The lowest BCUT2D eigenvalue weighted by molar-refractivity contribution is -0.148. The number of aliphatic hydroxyl groups excluding tert-OH is 1. The van der Waals surface area contributed by atoms with E-state index in [2.05, 4.69) is 11.3 Å². The highest BCUT2D eigenvalue weighted by Crippen LogP contribution is 1.89. The largest absolute Gasteiger partial charge is 0.478 e. The Morgan fingerprint density at radius 3 is 2.12 bits per heavy atom. The zero-order chi connectivity index (χ0) is 13.1. The maximum atomic E-state index is 10.6. The molecule has 0 aromatic heterocycles. The first-order valence-electron chi connectivity index (χ1n) is 4.48. The molecule has 0 saturated carbocycles. The van der Waals surface area contributed by atoms with Gasteiger partial charge in [-0.05, 0) is 13.8 Å². The normalized spacial score (nSPS) is 10.4. The van der Waals surface area contributed by atoms with Gasteiger partial charge in [-0.15, -0.1) is 0 Å². The molecule has 0 bridgehead atoms. The fourth-order valence-corrected chi connectivity index (χ4v) is 0.468. The molecule has 0 rings (SSSR count). The van der Waals surface area contributed by atoms with E-state index in [1.165, 1.54) is 13.8 Å². The quantitative estimate of drug-likeness (QED) is 0.397. The fourth-order valence-electron chi connectivity index (χ4n) is 0.468. The molecule has 0 aliphatic carbocycles. The van der Waals surface area contributed by atoms with Crippen LogP contribution >= 0.6 is 0 Å². The van der Waals surface area contributed by atoms with Crippen LogP contribution in [0.25, 0.3) is 0 Å². The summed E-state index contributed by atoms with van der Waals surface area (Å²) in [5.74, 6) is -1.80. The molecule has 6 nitrogen and oxygen atoms in total. The predicted molar refractivity (Wildman–Crippen MR) is 55.8 cm³/mol. The van der Waals surface area contributed by atoms with Gasteiger partial charge in [0.15, 0.2) is 0 Å². The van der Waals surface area contributed by atoms with E-state index in [9.17, 15) is 14.4 Å². The minimum Gasteiger partial charge on any atom is -0.478 e. The van der Waals surface area contributed by atoms with Crippen molar-refractivity contribution in [2.24, 2.45) is 0 Å². The van der Waals surface area contributed by atoms with Crippen molar-refractivity contribution >= 4 is 17.7 Å². The van der Waals surface area contributed by atoms with Crippen LogP contribution in [0.15, 0.2) is 12.7 Å². The highest BCUT2D eigenvalue weighted by Gasteiger charge is 2.06. The smallest absolute Gasteiger partial charge is 0.327 e. The number of carbonyl (C=O) groups excluding carboxylic acids is 2. The number of aliphatic carboxylic acids is 1. The molecule has 1 unspecified atom stereocenters. The second-order valence-corrected chi connectivity index (χ2v) is 2.95. The Labute approximate surface area is 93.5 Å². The lowest BCUT2D eigenvalue weighted by Gasteiger charge is -2.04. The number of carbonyl (C=O) groups is 3. The summed E-state index contributed by atoms with van der Waals surface area (Å²) in [6, 6.07) is 0. The molecule has 16 heavy (non-hydrogen) atoms. The van der Waals surface area contributed by atoms with Crippen LogP contribution in [-0.4, -0.2) is 40.6 Å². The average molecular weight is 232 g/mol. The summed E-state index contributed by atoms with van der Waals surface area (Å²) in [6.07, 6.45) is -0.0573. The Hall–Kier alpha value is -1.69. The van der Waals surface area contributed by atoms with Gasteiger partial charge in [0.05, 0.1) is 6.10 Å². The molecule has 0 heterocycles. The van der Waals surface area contributed by atoms with Crippen molar-refractivity contribution in [1.82, 2.24) is 0 Å². The molecule has 6 heteroatoms. The van der Waals surface area contributed by atoms with Gasteiger partial charge in [-0.2, -0.15) is 0 Å². The molecular weight excluding hydrogens is 216 g/mol. The standard InChI is InChI=1S/C7H12O4.C3H4O2/c1-5(8)3-7(10)11-4-6(2)9;1-2-3(4)5/h6,9H,3-4H2,1-2H3;2H,1H2,(H,4,5). The second kappa shape index (κ2) is 9.85. The van der Waals surface area contributed by atoms with Crippen LogP contribution in [0.4, 0.5) is 0 Å². The van der Waals surface area contributed by atoms with Gasteiger partial charge in [0.25, 0.3) is 0 Å². The molecule has 0 aromatic carbocycles. The molecule has 0 fully saturated rings. The van der Waals surface area contributed by atoms with Gasteiger partial charge in [0.2, 0.25) is 0 Å². The summed E-state index contributed by atoms with van der Waals surface area (Å²) in [4.78, 5) is 30.2. The first kappa shape index (κ1) is 16.7. The van der Waals surface area contributed by atoms with E-state index in [1.54, 1.807) is 0 Å². The number of ether oxygens (including phenoxy) is 1. The van der Waals surface area contributed by atoms with Crippen molar-refractivity contribution in [1.29, 1.82) is 0 Å². The van der Waals surface area contributed by atoms with Crippen LogP contribution in [-0.2, 0) is 19.1 Å². The lowest BCUT2D eigenvalue weighted by Crippen LogP contribution is -2.16. The van der Waals surface area contributed by atoms with Crippen molar-refractivity contribution < 1.29 is 29.3 Å². The van der Waals surface area contributed by atoms with Crippen molar-refractivity contribution in [2.45, 2.75) is 26.4 Å². The Balaban J connectivity index is 0. The molecule has 92 valence electrons. The zero-order valence-electron chi connectivity index (χ0n) is 9.30. The maximum absolute atomic E-state index is 10.6. The number of ketones is 1. The molecule has 0 radical (unpaired) electrons. The van der Waals surface area contributed by atoms with Crippen molar-refractivity contribution in [3.8, 4) is 0 Å². The Kier molecular flexibility index (Phi) is 10.3. The Bertz CT molecular complexity index is 256. The number of carboxylic acid groups (broad SMARTS) is 1. The molecule has 0 saturated heterocycles. The summed E-state index contributed by atoms with van der Waals surface area (Å²) < 4.78 is 4.50. The monoisotopic (exact) mass is 232 g/mol. The SMILES string of the molecule is C=CC(=O)O.CC(=O)CC(=O)OCC(C)O. The van der Waals surface area contributed by atoms with Crippen LogP contribution < -0.4 is 0 Å². The van der Waals surface area contributed by atoms with Crippen LogP contribution in [0.1, 0.15) is 20.3 Å². The lowest BCUT2D eigenvalue weighted by atomic mass is 10.3. The van der Waals surface area contributed by atoms with Crippen molar-refractivity contribution in [2.75, 3.05) is 6.61 Å². The third kappa shape index (κ3) is 18.2. The number of carboxylic acids is 1. The van der Waals surface area contributed by atoms with Crippen LogP contribution in [0.3, 0.4) is 0 Å². The minimum atomic E-state index is -0.981. The first-order chi connectivity index (χ1) is 7.29. The second-order valence-electron chi connectivity index (χ2n) is 2.95. The highest BCUT2D eigenvalue weighted by atomic mass is 16.5. The summed E-state index contributed by atoms with van der Waals surface area (Å²) in [5.41, 5.74) is 0. The molecule has 0 aromatic rings. The van der Waals surface area contributed by atoms with Gasteiger partial charge >= 0.3 is 11.9 Å². The molecule has 0 aliphatic heterocycles. The van der Waals surface area contributed by atoms with Crippen LogP contribution in [0.5, 0.6) is 0 Å². The van der Waals surface area contributed by atoms with E-state index in [-0.39, 0.29) is 18.8 Å². The van der Waals surface area contributed by atoms with Gasteiger partial charge < -0.3 is 14.9 Å². The predicted octanol–water partition coefficient (Wildman–Crippen LogP) is 0.147. The van der Waals surface area contributed by atoms with Crippen molar-refractivity contribution in [3.63, 3.8) is 0 Å². The molecule has 0 amide bonds. The van der Waals surface area contributed by atoms with E-state index < -0.39 is 18.0 Å². The summed E-state index contributed by atoms with van der Waals surface area (Å²) >= 11 is 0. The van der Waals surface area contributed by atoms with Gasteiger partial charge in [-0.3, -0.25) is 9.59 Å². The number of hydrogen-bond acceptors (Lipinski definition) is 5. The van der Waals surface area contributed by atoms with E-state index in [0.29, 0.717) is 0 Å². The molecule has 2 N–H and O–H groups in total. The highest BCUT2D eigenvalue weighted by molar-refractivity contribution is 5.94. The van der Waals surface area contributed by atoms with Crippen LogP contribution in [0.2, 0.25) is 0 Å². The molecule has 0 spiro atoms. The molecule has 0 aliphatic rings. The van der Waals surface area contributed by atoms with E-state index in [4.69, 9.17) is 10.2 Å². The summed E-state index contributed by atoms with van der Waals surface area (Å²) in [5, 5.41) is 16.3. The topological polar surface area (TPSA) is 101 Å². The molecule has 1 atom stereocenters. The van der Waals surface area contributed by atoms with E-state index >= 15 is 0 Å². The van der Waals surface area contributed by atoms with Gasteiger partial charge in [-0.25, -0.2) is 4.79 Å². The average Bonchev–Trinajstić information content (AvgIpc) is 2.14. The Morgan fingerprint density at radius 2 is 1.88 bits per heavy atom. The number of hydrogen-bond donors (Lipinski definition) is 2. The third-order valence-electron chi connectivity index (χ3n) is 1.05. The van der Waals surface area contributed by atoms with E-state index in [0.717, 1.165) is 6.08 Å². The number of Topliss-reactive ketones (excluding diaryl/α,β-unsaturated/α-hetero) is 1. The van der Waals surface area contributed by atoms with E-state index in [1.807, 2.05) is 0 Å². The zero-order valence-corrected chi connectivity index (χ0v) is 9.30. The first-order valence-corrected chi connectivity index (χ1v) is 4.48. The number of esters is 1. The minimum absolute atomic E-state index is 0.0495. The molecular formula is C10H16O6. The van der Waals surface area contributed by atoms with Gasteiger partial charge in [-0.1, -0.05) is 6.58 Å².